The van der Waals surface area contributed by atoms with Crippen molar-refractivity contribution < 1.29 is 81.1 Å². The number of carbonyl (C=O) groups is 2. The molecule has 0 bridgehead atoms. The summed E-state index contributed by atoms with van der Waals surface area (Å²) in [4.78, 5) is 27.7. The minimum Gasteiger partial charge on any atom is -0.455 e. The van der Waals surface area contributed by atoms with Crippen LogP contribution in [0.1, 0.15) is 306 Å². The van der Waals surface area contributed by atoms with Crippen LogP contribution in [0.5, 0.6) is 0 Å². The smallest absolute Gasteiger partial charge is 0.397 e. The summed E-state index contributed by atoms with van der Waals surface area (Å²) >= 11 is 0. The summed E-state index contributed by atoms with van der Waals surface area (Å²) in [6.07, 6.45) is 24.8. The molecule has 2 aliphatic rings. The summed E-state index contributed by atoms with van der Waals surface area (Å²) < 4.78 is 67.4. The molecule has 0 spiro atoms. The molecule has 0 radical (unpaired) electrons. The van der Waals surface area contributed by atoms with Gasteiger partial charge in [-0.25, -0.2) is 4.18 Å². The molecule has 516 valence electrons. The Bertz CT molecular complexity index is 1810. The van der Waals surface area contributed by atoms with Crippen LogP contribution in [-0.4, -0.2) is 136 Å². The molecule has 2 aliphatic heterocycles. The van der Waals surface area contributed by atoms with E-state index < -0.39 is 103 Å². The highest BCUT2D eigenvalue weighted by molar-refractivity contribution is 7.80. The molecule has 0 aromatic heterocycles. The zero-order valence-electron chi connectivity index (χ0n) is 56.3. The monoisotopic (exact) mass is 1260 g/mol. The van der Waals surface area contributed by atoms with Crippen LogP contribution in [0.15, 0.2) is 0 Å². The third-order valence-corrected chi connectivity index (χ3v) is 19.0. The predicted molar refractivity (Wildman–Crippen MR) is 344 cm³/mol. The van der Waals surface area contributed by atoms with Gasteiger partial charge in [-0.05, 0) is 86.9 Å². The zero-order valence-corrected chi connectivity index (χ0v) is 57.1. The Morgan fingerprint density at radius 1 is 0.448 bits per heavy atom. The lowest BCUT2D eigenvalue weighted by Gasteiger charge is -2.46. The molecule has 0 unspecified atom stereocenters. The summed E-state index contributed by atoms with van der Waals surface area (Å²) in [5, 5.41) is 64.4. The second-order valence-corrected chi connectivity index (χ2v) is 28.8. The Kier molecular flexibility index (Phi) is 45.2. The molecular formula is C69H132O17S. The Morgan fingerprint density at radius 2 is 0.805 bits per heavy atom. The molecule has 7 N–H and O–H groups in total. The quantitative estimate of drug-likeness (QED) is 0.0169. The van der Waals surface area contributed by atoms with Gasteiger partial charge in [0.05, 0.1) is 25.2 Å². The van der Waals surface area contributed by atoms with Crippen molar-refractivity contribution in [1.82, 2.24) is 0 Å². The average molecular weight is 1270 g/mol. The number of ether oxygens (including phenoxy) is 5. The zero-order chi connectivity index (χ0) is 64.6. The van der Waals surface area contributed by atoms with Gasteiger partial charge in [-0.3, -0.25) is 14.1 Å². The van der Waals surface area contributed by atoms with E-state index in [0.717, 1.165) is 77.0 Å². The highest BCUT2D eigenvalue weighted by Gasteiger charge is 2.55. The first-order chi connectivity index (χ1) is 41.5. The molecule has 17 nitrogen and oxygen atoms in total. The van der Waals surface area contributed by atoms with E-state index in [4.69, 9.17) is 23.7 Å². The number of carbonyl (C=O) groups excluding carboxylic acids is 2. The Morgan fingerprint density at radius 3 is 1.21 bits per heavy atom. The van der Waals surface area contributed by atoms with Crippen LogP contribution in [0.2, 0.25) is 0 Å². The van der Waals surface area contributed by atoms with Crippen molar-refractivity contribution in [2.24, 2.45) is 41.4 Å². The maximum atomic E-state index is 14.1. The molecule has 0 aromatic rings. The first-order valence-corrected chi connectivity index (χ1v) is 36.9. The molecule has 0 amide bonds. The third kappa shape index (κ3) is 36.5. The van der Waals surface area contributed by atoms with Crippen molar-refractivity contribution in [1.29, 1.82) is 0 Å². The number of hydrogen-bond acceptors (Lipinski definition) is 16. The van der Waals surface area contributed by atoms with Gasteiger partial charge in [-0.2, -0.15) is 8.42 Å². The van der Waals surface area contributed by atoms with Crippen molar-refractivity contribution in [2.75, 3.05) is 13.2 Å². The lowest BCUT2D eigenvalue weighted by atomic mass is 9.80. The topological polar surface area (TPSA) is 265 Å². The summed E-state index contributed by atoms with van der Waals surface area (Å²) in [5.41, 5.74) is 0. The molecule has 2 heterocycles. The summed E-state index contributed by atoms with van der Waals surface area (Å²) in [6, 6.07) is 0. The molecule has 18 heteroatoms. The normalized spacial score (nSPS) is 25.5. The maximum absolute atomic E-state index is 14.1. The highest BCUT2D eigenvalue weighted by Crippen LogP contribution is 2.35. The van der Waals surface area contributed by atoms with E-state index in [-0.39, 0.29) is 24.4 Å². The van der Waals surface area contributed by atoms with Gasteiger partial charge in [0.2, 0.25) is 6.29 Å². The highest BCUT2D eigenvalue weighted by atomic mass is 32.3. The fraction of sp³-hybridized carbons (Fsp3) is 0.971. The second kappa shape index (κ2) is 48.2. The second-order valence-electron chi connectivity index (χ2n) is 27.7. The van der Waals surface area contributed by atoms with E-state index in [9.17, 15) is 53.2 Å². The number of aliphatic hydroxyl groups excluding tert-OH is 6. The standard InChI is InChI=1S/C69H132O17S/c1-10-12-14-16-18-20-22-24-26-28-30-32-34-36-38-40-57(72)55(8)46-53(6)44-51(4)42-50(3)43-52(5)45-54(7)47-56(9)67(77)84-64-62(75)59(49-71)82-69(85-68-65(86-87(78,79)80)63(76)61(74)58(48-70)81-68)66(64)83-60(73)41-39-37-35-33-31-29-27-25-23-21-19-17-15-13-11-2/h50-59,61-66,68-72,74-76H,10-49H2,1-9H3,(H,78,79,80)/t50-,51+,52-,53+,54-,55+,56+,57-,58+,59-,61+,62-,63-,64+,65+,66-,68+,69-/m0/s1. The van der Waals surface area contributed by atoms with Gasteiger partial charge < -0.3 is 54.3 Å². The Labute approximate surface area is 529 Å². The van der Waals surface area contributed by atoms with Crippen molar-refractivity contribution in [3.63, 3.8) is 0 Å². The number of rotatable bonds is 54. The molecular weight excluding hydrogens is 1130 g/mol. The van der Waals surface area contributed by atoms with E-state index >= 15 is 0 Å². The lowest BCUT2D eigenvalue weighted by Crippen LogP contribution is -2.65. The van der Waals surface area contributed by atoms with Gasteiger partial charge in [0.15, 0.2) is 24.6 Å². The van der Waals surface area contributed by atoms with Crippen LogP contribution >= 0.6 is 0 Å². The van der Waals surface area contributed by atoms with Crippen LogP contribution in [0.3, 0.4) is 0 Å². The van der Waals surface area contributed by atoms with Gasteiger partial charge in [0.25, 0.3) is 0 Å². The molecule has 2 rings (SSSR count). The van der Waals surface area contributed by atoms with E-state index in [2.05, 4.69) is 59.6 Å². The lowest BCUT2D eigenvalue weighted by molar-refractivity contribution is -0.374. The van der Waals surface area contributed by atoms with Gasteiger partial charge >= 0.3 is 22.3 Å². The summed E-state index contributed by atoms with van der Waals surface area (Å²) in [7, 11) is -5.32. The minimum absolute atomic E-state index is 0.0553. The number of unbranched alkanes of at least 4 members (excludes halogenated alkanes) is 28. The molecule has 18 atom stereocenters. The first-order valence-electron chi connectivity index (χ1n) is 35.5. The first kappa shape index (κ1) is 81.5. The van der Waals surface area contributed by atoms with Gasteiger partial charge in [0, 0.05) is 6.42 Å². The molecule has 87 heavy (non-hydrogen) atoms. The largest absolute Gasteiger partial charge is 0.455 e. The third-order valence-electron chi connectivity index (χ3n) is 18.5. The minimum atomic E-state index is -5.32. The Balaban J connectivity index is 1.95. The summed E-state index contributed by atoms with van der Waals surface area (Å²) in [5.74, 6) is 0.143. The van der Waals surface area contributed by atoms with Gasteiger partial charge in [-0.1, -0.05) is 249 Å². The van der Waals surface area contributed by atoms with E-state index in [1.165, 1.54) is 148 Å². The van der Waals surface area contributed by atoms with E-state index in [0.29, 0.717) is 36.5 Å². The number of hydrogen-bond donors (Lipinski definition) is 7. The van der Waals surface area contributed by atoms with Crippen LogP contribution in [0.4, 0.5) is 0 Å². The van der Waals surface area contributed by atoms with Crippen molar-refractivity contribution in [3.8, 4) is 0 Å². The van der Waals surface area contributed by atoms with E-state index in [1.807, 2.05) is 0 Å². The van der Waals surface area contributed by atoms with Gasteiger partial charge in [0.1, 0.15) is 30.5 Å². The SMILES string of the molecule is CCCCCCCCCCCCCCCCCC(=O)O[C@@H]1[C@H](O[C@H]2O[C@H](CO)[C@@H](O)[C@H](O)[C@H]2OS(=O)(=O)O)O[C@@H](CO)[C@H](O)[C@H]1OC(=O)[C@H](C)C[C@@H](C)C[C@@H](C)C[C@@H](C)C[C@@H](C)C[C@@H](C)C[C@@H](C)[C@@H](O)CCCCCCCCCCCCCCCCC. The Hall–Kier alpha value is -1.55. The van der Waals surface area contributed by atoms with Gasteiger partial charge in [-0.15, -0.1) is 0 Å². The van der Waals surface area contributed by atoms with Crippen molar-refractivity contribution in [3.05, 3.63) is 0 Å². The predicted octanol–water partition coefficient (Wildman–Crippen LogP) is 14.2. The maximum Gasteiger partial charge on any atom is 0.397 e. The molecule has 2 fully saturated rings. The fourth-order valence-electron chi connectivity index (χ4n) is 13.8. The summed E-state index contributed by atoms with van der Waals surface area (Å²) in [6.45, 7) is 18.0. The number of aliphatic hydroxyl groups is 6. The van der Waals surface area contributed by atoms with Crippen LogP contribution in [0.25, 0.3) is 0 Å². The van der Waals surface area contributed by atoms with E-state index in [1.54, 1.807) is 6.92 Å². The van der Waals surface area contributed by atoms with Crippen LogP contribution in [0, 0.1) is 41.4 Å². The van der Waals surface area contributed by atoms with Crippen molar-refractivity contribution in [2.45, 2.75) is 374 Å². The number of esters is 2. The molecule has 0 saturated carbocycles. The molecule has 2 saturated heterocycles. The van der Waals surface area contributed by atoms with Crippen LogP contribution in [-0.2, 0) is 47.9 Å². The molecule has 0 aromatic carbocycles. The fourth-order valence-corrected chi connectivity index (χ4v) is 14.3. The van der Waals surface area contributed by atoms with Crippen LogP contribution < -0.4 is 0 Å². The average Bonchev–Trinajstić information content (AvgIpc) is 1.02. The van der Waals surface area contributed by atoms with Crippen molar-refractivity contribution >= 4 is 22.3 Å². The molecule has 0 aliphatic carbocycles.